The van der Waals surface area contributed by atoms with Crippen molar-refractivity contribution in [3.8, 4) is 5.75 Å². The molecule has 0 spiro atoms. The smallest absolute Gasteiger partial charge is 0.326 e. The Labute approximate surface area is 306 Å². The molecule has 0 saturated heterocycles. The van der Waals surface area contributed by atoms with Crippen molar-refractivity contribution in [2.24, 2.45) is 17.2 Å². The molecule has 0 aliphatic rings. The Morgan fingerprint density at radius 3 is 1.70 bits per heavy atom. The second kappa shape index (κ2) is 24.4. The minimum absolute atomic E-state index is 0.0266. The lowest BCUT2D eigenvalue weighted by Gasteiger charge is -2.28. The highest BCUT2D eigenvalue weighted by molar-refractivity contribution is 5.96. The van der Waals surface area contributed by atoms with E-state index in [2.05, 4.69) is 26.6 Å². The molecule has 0 radical (unpaired) electrons. The Morgan fingerprint density at radius 1 is 0.660 bits per heavy atom. The number of benzene rings is 1. The van der Waals surface area contributed by atoms with Gasteiger partial charge in [-0.05, 0) is 76.2 Å². The van der Waals surface area contributed by atoms with Crippen LogP contribution in [0.25, 0.3) is 0 Å². The van der Waals surface area contributed by atoms with E-state index in [1.165, 1.54) is 24.3 Å². The van der Waals surface area contributed by atoms with Gasteiger partial charge in [0.05, 0.1) is 18.8 Å². The van der Waals surface area contributed by atoms with E-state index in [9.17, 15) is 59.1 Å². The maximum atomic E-state index is 13.6. The first kappa shape index (κ1) is 46.1. The first-order chi connectivity index (χ1) is 25.0. The number of amides is 5. The van der Waals surface area contributed by atoms with Crippen molar-refractivity contribution in [2.75, 3.05) is 19.7 Å². The average Bonchev–Trinajstić information content (AvgIpc) is 3.10. The summed E-state index contributed by atoms with van der Waals surface area (Å²) >= 11 is 0. The molecule has 1 rings (SSSR count). The van der Waals surface area contributed by atoms with Gasteiger partial charge in [-0.15, -0.1) is 0 Å². The average molecular weight is 755 g/mol. The number of carbonyl (C=O) groups is 7. The number of aromatic hydroxyl groups is 1. The van der Waals surface area contributed by atoms with Crippen molar-refractivity contribution in [2.45, 2.75) is 107 Å². The second-order valence-corrected chi connectivity index (χ2v) is 12.5. The van der Waals surface area contributed by atoms with E-state index in [1.54, 1.807) is 0 Å². The maximum absolute atomic E-state index is 13.6. The number of aliphatic hydroxyl groups is 2. The van der Waals surface area contributed by atoms with Gasteiger partial charge in [0.1, 0.15) is 36.0 Å². The van der Waals surface area contributed by atoms with Crippen LogP contribution in [0.2, 0.25) is 0 Å². The van der Waals surface area contributed by atoms with E-state index in [4.69, 9.17) is 17.2 Å². The van der Waals surface area contributed by atoms with Crippen molar-refractivity contribution >= 4 is 41.5 Å². The summed E-state index contributed by atoms with van der Waals surface area (Å²) in [5.41, 5.74) is 17.2. The Bertz CT molecular complexity index is 1360. The number of nitrogens with one attached hydrogen (secondary N) is 5. The lowest BCUT2D eigenvalue weighted by molar-refractivity contribution is -0.143. The fraction of sp³-hybridized carbons (Fsp3) is 0.606. The first-order valence-electron chi connectivity index (χ1n) is 17.2. The predicted octanol–water partition coefficient (Wildman–Crippen LogP) is -3.73. The highest BCUT2D eigenvalue weighted by atomic mass is 16.4. The maximum Gasteiger partial charge on any atom is 0.326 e. The number of unbranched alkanes of at least 4 members (excludes halogenated alkanes) is 2. The molecule has 1 aromatic carbocycles. The fourth-order valence-electron chi connectivity index (χ4n) is 4.94. The van der Waals surface area contributed by atoms with Gasteiger partial charge in [-0.1, -0.05) is 18.6 Å². The van der Waals surface area contributed by atoms with Gasteiger partial charge in [-0.25, -0.2) is 4.79 Å². The third kappa shape index (κ3) is 17.5. The van der Waals surface area contributed by atoms with Crippen LogP contribution < -0.4 is 43.8 Å². The monoisotopic (exact) mass is 754 g/mol. The third-order valence-electron chi connectivity index (χ3n) is 8.03. The van der Waals surface area contributed by atoms with Gasteiger partial charge < -0.3 is 69.3 Å². The van der Waals surface area contributed by atoms with Crippen LogP contribution in [0.4, 0.5) is 0 Å². The molecule has 0 aromatic heterocycles. The molecule has 5 amide bonds. The van der Waals surface area contributed by atoms with Crippen LogP contribution in [0, 0.1) is 0 Å². The molecular weight excluding hydrogens is 700 g/mol. The number of nitrogens with two attached hydrogens (primary N) is 3. The Kier molecular flexibility index (Phi) is 21.2. The molecule has 20 nitrogen and oxygen atoms in total. The van der Waals surface area contributed by atoms with Gasteiger partial charge >= 0.3 is 11.9 Å². The highest BCUT2D eigenvalue weighted by Crippen LogP contribution is 2.13. The second-order valence-electron chi connectivity index (χ2n) is 12.5. The van der Waals surface area contributed by atoms with E-state index in [1.807, 2.05) is 0 Å². The molecule has 0 aliphatic carbocycles. The Morgan fingerprint density at radius 2 is 1.17 bits per heavy atom. The van der Waals surface area contributed by atoms with E-state index in [0.717, 1.165) is 6.92 Å². The third-order valence-corrected chi connectivity index (χ3v) is 8.03. The standard InChI is InChI=1S/C33H54N8O12/c1-18(43)27(41-29(48)22(12-13-26(45)46)37-28(47)21(36)6-2-4-14-34)32(51)39-24(16-19-8-10-20(44)11-9-19)30(49)40-25(17-42)31(50)38-23(33(52)53)7-3-5-15-35/h8-11,18,21-25,27,42-44H,2-7,12-17,34-36H2,1H3,(H,37,47)(H,38,50)(H,39,51)(H,40,49)(H,41,48)(H,45,46)(H,52,53)/t18-,21+,22+,23+,24+,25+,27+/m1/s1. The summed E-state index contributed by atoms with van der Waals surface area (Å²) in [4.78, 5) is 89.0. The van der Waals surface area contributed by atoms with Crippen molar-refractivity contribution < 1.29 is 59.1 Å². The molecule has 7 atom stereocenters. The largest absolute Gasteiger partial charge is 0.508 e. The molecule has 0 saturated carbocycles. The van der Waals surface area contributed by atoms with E-state index >= 15 is 0 Å². The zero-order chi connectivity index (χ0) is 40.1. The van der Waals surface area contributed by atoms with Crippen LogP contribution in [0.3, 0.4) is 0 Å². The number of aliphatic carboxylic acids is 2. The predicted molar refractivity (Wildman–Crippen MR) is 189 cm³/mol. The van der Waals surface area contributed by atoms with E-state index in [-0.39, 0.29) is 25.0 Å². The van der Waals surface area contributed by atoms with Gasteiger partial charge in [-0.3, -0.25) is 28.8 Å². The number of rotatable bonds is 26. The van der Waals surface area contributed by atoms with Gasteiger partial charge in [-0.2, -0.15) is 0 Å². The SMILES string of the molecule is C[C@@H](O)[C@H](NC(=O)[C@H](CCC(=O)O)NC(=O)[C@@H](N)CCCCN)C(=O)N[C@@H](Cc1ccc(O)cc1)C(=O)N[C@@H](CO)C(=O)N[C@@H](CCCCN)C(=O)O. The van der Waals surface area contributed by atoms with Crippen molar-refractivity contribution in [1.29, 1.82) is 0 Å². The van der Waals surface area contributed by atoms with E-state index in [0.29, 0.717) is 44.3 Å². The Hall–Kier alpha value is -4.89. The molecule has 0 unspecified atom stereocenters. The van der Waals surface area contributed by atoms with Crippen LogP contribution in [0.1, 0.15) is 63.9 Å². The number of phenolic OH excluding ortho intramolecular Hbond substituents is 1. The first-order valence-corrected chi connectivity index (χ1v) is 17.2. The molecule has 53 heavy (non-hydrogen) atoms. The molecule has 0 bridgehead atoms. The molecule has 1 aromatic rings. The van der Waals surface area contributed by atoms with Crippen molar-refractivity contribution in [1.82, 2.24) is 26.6 Å². The number of aliphatic hydroxyl groups excluding tert-OH is 2. The summed E-state index contributed by atoms with van der Waals surface area (Å²) in [6.45, 7) is 0.865. The molecule has 0 heterocycles. The summed E-state index contributed by atoms with van der Waals surface area (Å²) in [5, 5.41) is 60.4. The number of carbonyl (C=O) groups excluding carboxylic acids is 5. The zero-order valence-corrected chi connectivity index (χ0v) is 29.7. The normalized spacial score (nSPS) is 15.0. The summed E-state index contributed by atoms with van der Waals surface area (Å²) < 4.78 is 0. The summed E-state index contributed by atoms with van der Waals surface area (Å²) in [6.07, 6.45) is -0.592. The minimum atomic E-state index is -1.76. The lowest BCUT2D eigenvalue weighted by atomic mass is 10.0. The molecule has 298 valence electrons. The van der Waals surface area contributed by atoms with Crippen LogP contribution >= 0.6 is 0 Å². The van der Waals surface area contributed by atoms with E-state index < -0.39 is 103 Å². The van der Waals surface area contributed by atoms with Crippen LogP contribution in [-0.2, 0) is 40.0 Å². The van der Waals surface area contributed by atoms with Crippen LogP contribution in [0.15, 0.2) is 24.3 Å². The Balaban J connectivity index is 3.26. The minimum Gasteiger partial charge on any atom is -0.508 e. The molecule has 0 aliphatic heterocycles. The van der Waals surface area contributed by atoms with Gasteiger partial charge in [0, 0.05) is 12.8 Å². The molecule has 20 heteroatoms. The number of carboxylic acid groups (broad SMARTS) is 2. The van der Waals surface area contributed by atoms with Crippen LogP contribution in [-0.4, -0.2) is 129 Å². The van der Waals surface area contributed by atoms with Gasteiger partial charge in [0.2, 0.25) is 29.5 Å². The highest BCUT2D eigenvalue weighted by Gasteiger charge is 2.34. The number of carboxylic acids is 2. The molecule has 16 N–H and O–H groups in total. The fourth-order valence-corrected chi connectivity index (χ4v) is 4.94. The summed E-state index contributed by atoms with van der Waals surface area (Å²) in [6, 6.07) is -3.37. The number of phenols is 1. The summed E-state index contributed by atoms with van der Waals surface area (Å²) in [7, 11) is 0. The molecular formula is C33H54N8O12. The number of hydrogen-bond acceptors (Lipinski definition) is 13. The quantitative estimate of drug-likeness (QED) is 0.0404. The zero-order valence-electron chi connectivity index (χ0n) is 29.7. The van der Waals surface area contributed by atoms with Crippen LogP contribution in [0.5, 0.6) is 5.75 Å². The summed E-state index contributed by atoms with van der Waals surface area (Å²) in [5.74, 6) is -7.69. The number of hydrogen-bond donors (Lipinski definition) is 13. The van der Waals surface area contributed by atoms with Gasteiger partial charge in [0.25, 0.3) is 0 Å². The topological polar surface area (TPSA) is 359 Å². The van der Waals surface area contributed by atoms with Crippen molar-refractivity contribution in [3.05, 3.63) is 29.8 Å². The lowest BCUT2D eigenvalue weighted by Crippen LogP contribution is -2.62. The molecule has 0 fully saturated rings. The van der Waals surface area contributed by atoms with Gasteiger partial charge in [0.15, 0.2) is 0 Å². The van der Waals surface area contributed by atoms with Crippen molar-refractivity contribution in [3.63, 3.8) is 0 Å².